The van der Waals surface area contributed by atoms with Crippen molar-refractivity contribution in [1.82, 2.24) is 4.57 Å². The number of hydrogen-bond donors (Lipinski definition) is 1. The molecule has 0 saturated carbocycles. The number of benzene rings is 2. The first-order chi connectivity index (χ1) is 12.8. The largest absolute Gasteiger partial charge is 0.507 e. The number of nitriles is 1. The molecule has 0 aliphatic rings. The first-order valence-corrected chi connectivity index (χ1v) is 8.54. The molecule has 1 N–H and O–H groups in total. The quantitative estimate of drug-likeness (QED) is 0.667. The highest BCUT2D eigenvalue weighted by molar-refractivity contribution is 6.37. The van der Waals surface area contributed by atoms with Crippen molar-refractivity contribution in [3.63, 3.8) is 0 Å². The van der Waals surface area contributed by atoms with Gasteiger partial charge in [-0.3, -0.25) is 14.2 Å². The van der Waals surface area contributed by atoms with E-state index in [4.69, 9.17) is 23.2 Å². The molecule has 1 aromatic heterocycles. The van der Waals surface area contributed by atoms with E-state index in [1.54, 1.807) is 37.3 Å². The predicted octanol–water partition coefficient (Wildman–Crippen LogP) is 4.26. The van der Waals surface area contributed by atoms with Crippen LogP contribution in [0.4, 0.5) is 0 Å². The third-order valence-corrected chi connectivity index (χ3v) is 4.58. The van der Waals surface area contributed by atoms with Crippen molar-refractivity contribution in [2.75, 3.05) is 0 Å². The molecule has 2 aromatic carbocycles. The van der Waals surface area contributed by atoms with Crippen molar-refractivity contribution in [2.24, 2.45) is 0 Å². The van der Waals surface area contributed by atoms with Gasteiger partial charge in [0.1, 0.15) is 17.4 Å². The van der Waals surface area contributed by atoms with E-state index in [1.165, 1.54) is 24.4 Å². The number of pyridine rings is 1. The van der Waals surface area contributed by atoms with Gasteiger partial charge in [-0.25, -0.2) is 0 Å². The third kappa shape index (κ3) is 3.45. The maximum absolute atomic E-state index is 12.9. The second-order valence-electron chi connectivity index (χ2n) is 5.85. The number of aryl methyl sites for hydroxylation is 1. The maximum Gasteiger partial charge on any atom is 0.273 e. The molecular weight excluding hydrogens is 387 g/mol. The number of ketones is 1. The van der Waals surface area contributed by atoms with Gasteiger partial charge in [-0.2, -0.15) is 5.26 Å². The Morgan fingerprint density at radius 3 is 2.44 bits per heavy atom. The average Bonchev–Trinajstić information content (AvgIpc) is 2.64. The zero-order chi connectivity index (χ0) is 19.7. The molecule has 3 aromatic rings. The fourth-order valence-corrected chi connectivity index (χ4v) is 3.24. The minimum absolute atomic E-state index is 0.0445. The molecule has 0 aliphatic carbocycles. The van der Waals surface area contributed by atoms with Gasteiger partial charge in [-0.1, -0.05) is 40.9 Å². The van der Waals surface area contributed by atoms with Gasteiger partial charge in [0.05, 0.1) is 21.3 Å². The van der Waals surface area contributed by atoms with Gasteiger partial charge in [0.2, 0.25) is 0 Å². The number of hydrogen-bond acceptors (Lipinski definition) is 4. The Balaban J connectivity index is 2.28. The highest BCUT2D eigenvalue weighted by atomic mass is 35.5. The van der Waals surface area contributed by atoms with Crippen molar-refractivity contribution >= 4 is 29.0 Å². The molecule has 134 valence electrons. The molecule has 0 fully saturated rings. The summed E-state index contributed by atoms with van der Waals surface area (Å²) in [6, 6.07) is 12.3. The van der Waals surface area contributed by atoms with Gasteiger partial charge in [0.15, 0.2) is 5.78 Å². The molecule has 0 spiro atoms. The minimum atomic E-state index is -0.655. The fourth-order valence-electron chi connectivity index (χ4n) is 2.66. The van der Waals surface area contributed by atoms with Crippen LogP contribution < -0.4 is 5.56 Å². The van der Waals surface area contributed by atoms with Gasteiger partial charge in [0, 0.05) is 11.8 Å². The minimum Gasteiger partial charge on any atom is -0.507 e. The van der Waals surface area contributed by atoms with E-state index < -0.39 is 11.3 Å². The van der Waals surface area contributed by atoms with Crippen molar-refractivity contribution in [1.29, 1.82) is 5.26 Å². The van der Waals surface area contributed by atoms with E-state index in [0.29, 0.717) is 0 Å². The summed E-state index contributed by atoms with van der Waals surface area (Å²) in [6.07, 6.45) is 1.26. The third-order valence-electron chi connectivity index (χ3n) is 3.98. The number of nitrogens with zero attached hydrogens (tertiary/aromatic N) is 2. The number of para-hydroxylation sites is 1. The number of phenols is 1. The van der Waals surface area contributed by atoms with E-state index in [0.717, 1.165) is 10.1 Å². The Morgan fingerprint density at radius 2 is 1.81 bits per heavy atom. The van der Waals surface area contributed by atoms with Crippen molar-refractivity contribution in [2.45, 2.75) is 6.92 Å². The number of aromatic nitrogens is 1. The van der Waals surface area contributed by atoms with E-state index in [2.05, 4.69) is 0 Å². The number of aromatic hydroxyl groups is 1. The summed E-state index contributed by atoms with van der Waals surface area (Å²) in [7, 11) is 0. The number of carbonyl (C=O) groups excluding carboxylic acids is 1. The molecule has 1 heterocycles. The van der Waals surface area contributed by atoms with Crippen LogP contribution in [0.15, 0.2) is 53.5 Å². The highest BCUT2D eigenvalue weighted by Gasteiger charge is 2.19. The van der Waals surface area contributed by atoms with Crippen LogP contribution in [0.25, 0.3) is 5.69 Å². The molecule has 0 saturated heterocycles. The lowest BCUT2D eigenvalue weighted by Gasteiger charge is -2.13. The number of carbonyl (C=O) groups is 1. The molecule has 0 radical (unpaired) electrons. The summed E-state index contributed by atoms with van der Waals surface area (Å²) in [6.45, 7) is 1.78. The van der Waals surface area contributed by atoms with E-state index in [1.807, 2.05) is 0 Å². The maximum atomic E-state index is 12.9. The zero-order valence-corrected chi connectivity index (χ0v) is 15.5. The smallest absolute Gasteiger partial charge is 0.273 e. The first kappa shape index (κ1) is 18.7. The summed E-state index contributed by atoms with van der Waals surface area (Å²) in [5, 5.41) is 19.7. The molecule has 5 nitrogen and oxygen atoms in total. The Hall–Kier alpha value is -3.07. The summed E-state index contributed by atoms with van der Waals surface area (Å²) >= 11 is 12.3. The molecule has 0 aliphatic heterocycles. The van der Waals surface area contributed by atoms with Gasteiger partial charge in [-0.05, 0) is 37.3 Å². The predicted molar refractivity (Wildman–Crippen MR) is 103 cm³/mol. The summed E-state index contributed by atoms with van der Waals surface area (Å²) < 4.78 is 1.07. The highest BCUT2D eigenvalue weighted by Crippen LogP contribution is 2.28. The van der Waals surface area contributed by atoms with Crippen molar-refractivity contribution in [3.8, 4) is 17.5 Å². The van der Waals surface area contributed by atoms with Gasteiger partial charge in [-0.15, -0.1) is 0 Å². The van der Waals surface area contributed by atoms with Gasteiger partial charge >= 0.3 is 0 Å². The first-order valence-electron chi connectivity index (χ1n) is 7.79. The molecular formula is C20H12Cl2N2O3. The molecule has 0 atom stereocenters. The van der Waals surface area contributed by atoms with Crippen LogP contribution in [0.1, 0.15) is 27.0 Å². The zero-order valence-electron chi connectivity index (χ0n) is 14.0. The monoisotopic (exact) mass is 398 g/mol. The van der Waals surface area contributed by atoms with Gasteiger partial charge in [0.25, 0.3) is 5.56 Å². The number of halogens is 2. The molecule has 0 bridgehead atoms. The molecule has 3 rings (SSSR count). The molecule has 27 heavy (non-hydrogen) atoms. The van der Waals surface area contributed by atoms with E-state index >= 15 is 0 Å². The van der Waals surface area contributed by atoms with Crippen LogP contribution >= 0.6 is 23.2 Å². The standard InChI is InChI=1S/C20H12Cl2N2O3/c1-11-5-6-17(25)14(7-11)19(26)13-8-12(9-23)20(27)24(10-13)18-15(21)3-2-4-16(18)22/h2-8,10,25H,1H3. The summed E-state index contributed by atoms with van der Waals surface area (Å²) in [4.78, 5) is 25.5. The van der Waals surface area contributed by atoms with E-state index in [-0.39, 0.29) is 38.2 Å². The fraction of sp³-hybridized carbons (Fsp3) is 0.0500. The number of phenolic OH excluding ortho intramolecular Hbond substituents is 1. The Morgan fingerprint density at radius 1 is 1.15 bits per heavy atom. The Labute approximate surface area is 164 Å². The summed E-state index contributed by atoms with van der Waals surface area (Å²) in [5.74, 6) is -0.734. The van der Waals surface area contributed by atoms with Crippen LogP contribution in [-0.2, 0) is 0 Å². The normalized spacial score (nSPS) is 10.4. The topological polar surface area (TPSA) is 83.1 Å². The second-order valence-corrected chi connectivity index (χ2v) is 6.66. The van der Waals surface area contributed by atoms with Crippen LogP contribution in [-0.4, -0.2) is 15.5 Å². The van der Waals surface area contributed by atoms with Crippen molar-refractivity contribution in [3.05, 3.63) is 91.3 Å². The van der Waals surface area contributed by atoms with Gasteiger partial charge < -0.3 is 5.11 Å². The molecule has 0 amide bonds. The van der Waals surface area contributed by atoms with Crippen LogP contribution in [0.5, 0.6) is 5.75 Å². The molecule has 0 unspecified atom stereocenters. The van der Waals surface area contributed by atoms with Crippen LogP contribution in [0.2, 0.25) is 10.0 Å². The van der Waals surface area contributed by atoms with Crippen LogP contribution in [0, 0.1) is 18.3 Å². The summed E-state index contributed by atoms with van der Waals surface area (Å²) in [5.41, 5.74) is 0.156. The lowest BCUT2D eigenvalue weighted by Crippen LogP contribution is -2.23. The Kier molecular flexibility index (Phi) is 5.04. The van der Waals surface area contributed by atoms with E-state index in [9.17, 15) is 20.0 Å². The van der Waals surface area contributed by atoms with Crippen LogP contribution in [0.3, 0.4) is 0 Å². The molecule has 7 heteroatoms. The lowest BCUT2D eigenvalue weighted by atomic mass is 10.0. The Bertz CT molecular complexity index is 1160. The second kappa shape index (κ2) is 7.28. The van der Waals surface area contributed by atoms with Crippen molar-refractivity contribution < 1.29 is 9.90 Å². The SMILES string of the molecule is Cc1ccc(O)c(C(=O)c2cc(C#N)c(=O)n(-c3c(Cl)cccc3Cl)c2)c1. The number of rotatable bonds is 3. The average molecular weight is 399 g/mol. The lowest BCUT2D eigenvalue weighted by molar-refractivity contribution is 0.103.